The number of thiazole rings is 2. The molecule has 0 aliphatic carbocycles. The third kappa shape index (κ3) is 4.93. The maximum atomic E-state index is 12.8. The number of hydrogen-bond acceptors (Lipinski definition) is 7. The van der Waals surface area contributed by atoms with Gasteiger partial charge in [0.2, 0.25) is 10.0 Å². The van der Waals surface area contributed by atoms with E-state index in [0.717, 1.165) is 15.2 Å². The van der Waals surface area contributed by atoms with Crippen LogP contribution in [0.25, 0.3) is 20.9 Å². The van der Waals surface area contributed by atoms with Gasteiger partial charge in [-0.05, 0) is 36.4 Å². The van der Waals surface area contributed by atoms with E-state index in [1.165, 1.54) is 63.4 Å². The van der Waals surface area contributed by atoms with E-state index in [2.05, 4.69) is 28.4 Å². The SMILES string of the molecule is C=CCN(CC=C)S(=O)(=O)c1ccc(C(=O)Nc2nc(-c3nc4ccccc4s3)cs2)cc1. The van der Waals surface area contributed by atoms with Crippen molar-refractivity contribution < 1.29 is 13.2 Å². The molecule has 0 bridgehead atoms. The lowest BCUT2D eigenvalue weighted by atomic mass is 10.2. The van der Waals surface area contributed by atoms with Gasteiger partial charge in [0.25, 0.3) is 5.91 Å². The number of hydrogen-bond donors (Lipinski definition) is 1. The molecule has 0 saturated carbocycles. The zero-order chi connectivity index (χ0) is 23.4. The average molecular weight is 497 g/mol. The van der Waals surface area contributed by atoms with E-state index in [4.69, 9.17) is 0 Å². The lowest BCUT2D eigenvalue weighted by Gasteiger charge is -2.19. The molecular formula is C23H20N4O3S3. The molecule has 1 amide bonds. The summed E-state index contributed by atoms with van der Waals surface area (Å²) in [5, 5.41) is 5.83. The number of benzene rings is 2. The number of sulfonamides is 1. The fourth-order valence-corrected chi connectivity index (χ4v) is 6.14. The molecule has 0 atom stereocenters. The number of carbonyl (C=O) groups excluding carboxylic acids is 1. The number of carbonyl (C=O) groups is 1. The van der Waals surface area contributed by atoms with Gasteiger partial charge in [0.1, 0.15) is 10.7 Å². The summed E-state index contributed by atoms with van der Waals surface area (Å²) < 4.78 is 27.9. The first-order valence-electron chi connectivity index (χ1n) is 9.87. The number of anilines is 1. The van der Waals surface area contributed by atoms with Crippen LogP contribution in [0.1, 0.15) is 10.4 Å². The van der Waals surface area contributed by atoms with Gasteiger partial charge < -0.3 is 0 Å². The van der Waals surface area contributed by atoms with Crippen LogP contribution in [0.3, 0.4) is 0 Å². The van der Waals surface area contributed by atoms with Crippen LogP contribution >= 0.6 is 22.7 Å². The highest BCUT2D eigenvalue weighted by molar-refractivity contribution is 7.89. The lowest BCUT2D eigenvalue weighted by Crippen LogP contribution is -2.31. The Balaban J connectivity index is 1.48. The first-order valence-corrected chi connectivity index (χ1v) is 13.0. The van der Waals surface area contributed by atoms with Crippen molar-refractivity contribution in [3.63, 3.8) is 0 Å². The van der Waals surface area contributed by atoms with Gasteiger partial charge in [-0.2, -0.15) is 4.31 Å². The molecule has 0 radical (unpaired) electrons. The Morgan fingerprint density at radius 2 is 1.73 bits per heavy atom. The molecule has 2 aromatic heterocycles. The number of amides is 1. The molecule has 7 nitrogen and oxygen atoms in total. The number of fused-ring (bicyclic) bond motifs is 1. The molecule has 168 valence electrons. The van der Waals surface area contributed by atoms with Gasteiger partial charge in [0.05, 0.1) is 15.1 Å². The predicted octanol–water partition coefficient (Wildman–Crippen LogP) is 5.03. The van der Waals surface area contributed by atoms with Gasteiger partial charge in [-0.25, -0.2) is 18.4 Å². The topological polar surface area (TPSA) is 92.3 Å². The maximum Gasteiger partial charge on any atom is 0.257 e. The summed E-state index contributed by atoms with van der Waals surface area (Å²) in [7, 11) is -3.72. The van der Waals surface area contributed by atoms with Crippen LogP contribution in [-0.4, -0.2) is 41.7 Å². The lowest BCUT2D eigenvalue weighted by molar-refractivity contribution is 0.102. The van der Waals surface area contributed by atoms with E-state index in [1.807, 2.05) is 29.6 Å². The van der Waals surface area contributed by atoms with Crippen LogP contribution < -0.4 is 5.32 Å². The number of nitrogens with one attached hydrogen (secondary N) is 1. The summed E-state index contributed by atoms with van der Waals surface area (Å²) in [6.45, 7) is 7.52. The standard InChI is InChI=1S/C23H20N4O3S3/c1-3-13-27(14-4-2)33(29,30)17-11-9-16(10-12-17)21(28)26-23-25-19(15-31-23)22-24-18-7-5-6-8-20(18)32-22/h3-12,15H,1-2,13-14H2,(H,25,26,28). The van der Waals surface area contributed by atoms with Gasteiger partial charge in [0, 0.05) is 24.0 Å². The molecule has 0 fully saturated rings. The van der Waals surface area contributed by atoms with E-state index < -0.39 is 10.0 Å². The summed E-state index contributed by atoms with van der Waals surface area (Å²) in [5.74, 6) is -0.377. The van der Waals surface area contributed by atoms with E-state index >= 15 is 0 Å². The van der Waals surface area contributed by atoms with E-state index in [-0.39, 0.29) is 23.9 Å². The highest BCUT2D eigenvalue weighted by atomic mass is 32.2. The number of para-hydroxylation sites is 1. The Morgan fingerprint density at radius 1 is 1.03 bits per heavy atom. The summed E-state index contributed by atoms with van der Waals surface area (Å²) in [5.41, 5.74) is 1.93. The van der Waals surface area contributed by atoms with Crippen LogP contribution in [-0.2, 0) is 10.0 Å². The highest BCUT2D eigenvalue weighted by Crippen LogP contribution is 2.32. The molecule has 0 saturated heterocycles. The first-order chi connectivity index (χ1) is 15.9. The van der Waals surface area contributed by atoms with Crippen LogP contribution in [0.5, 0.6) is 0 Å². The molecule has 0 spiro atoms. The summed E-state index contributed by atoms with van der Waals surface area (Å²) in [4.78, 5) is 21.8. The van der Waals surface area contributed by atoms with E-state index in [9.17, 15) is 13.2 Å². The van der Waals surface area contributed by atoms with Crippen molar-refractivity contribution in [2.45, 2.75) is 4.90 Å². The normalized spacial score (nSPS) is 11.5. The molecular weight excluding hydrogens is 476 g/mol. The zero-order valence-corrected chi connectivity index (χ0v) is 19.9. The van der Waals surface area contributed by atoms with Gasteiger partial charge in [-0.1, -0.05) is 24.3 Å². The Hall–Kier alpha value is -3.18. The smallest absolute Gasteiger partial charge is 0.257 e. The van der Waals surface area contributed by atoms with Crippen LogP contribution in [0.15, 0.2) is 84.1 Å². The Labute approximate surface area is 199 Å². The van der Waals surface area contributed by atoms with Crippen LogP contribution in [0, 0.1) is 0 Å². The molecule has 4 rings (SSSR count). The zero-order valence-electron chi connectivity index (χ0n) is 17.5. The molecule has 2 heterocycles. The van der Waals surface area contributed by atoms with Gasteiger partial charge in [-0.3, -0.25) is 10.1 Å². The van der Waals surface area contributed by atoms with Gasteiger partial charge in [-0.15, -0.1) is 35.8 Å². The molecule has 2 aromatic carbocycles. The van der Waals surface area contributed by atoms with E-state index in [0.29, 0.717) is 16.4 Å². The molecule has 10 heteroatoms. The maximum absolute atomic E-state index is 12.8. The van der Waals surface area contributed by atoms with Crippen molar-refractivity contribution in [1.29, 1.82) is 0 Å². The van der Waals surface area contributed by atoms with Crippen LogP contribution in [0.4, 0.5) is 5.13 Å². The molecule has 1 N–H and O–H groups in total. The molecule has 33 heavy (non-hydrogen) atoms. The summed E-state index contributed by atoms with van der Waals surface area (Å²) >= 11 is 2.84. The minimum absolute atomic E-state index is 0.0927. The molecule has 4 aromatic rings. The quantitative estimate of drug-likeness (QED) is 0.328. The minimum Gasteiger partial charge on any atom is -0.298 e. The van der Waals surface area contributed by atoms with Crippen LogP contribution in [0.2, 0.25) is 0 Å². The average Bonchev–Trinajstić information content (AvgIpc) is 3.46. The third-order valence-corrected chi connectivity index (χ3v) is 8.32. The van der Waals surface area contributed by atoms with Crippen molar-refractivity contribution in [1.82, 2.24) is 14.3 Å². The molecule has 0 aliphatic rings. The van der Waals surface area contributed by atoms with Gasteiger partial charge >= 0.3 is 0 Å². The molecule has 0 aliphatic heterocycles. The summed E-state index contributed by atoms with van der Waals surface area (Å²) in [6, 6.07) is 13.6. The van der Waals surface area contributed by atoms with Crippen molar-refractivity contribution in [3.05, 3.63) is 84.8 Å². The summed E-state index contributed by atoms with van der Waals surface area (Å²) in [6.07, 6.45) is 3.03. The monoisotopic (exact) mass is 496 g/mol. The van der Waals surface area contributed by atoms with Crippen molar-refractivity contribution in [2.24, 2.45) is 0 Å². The van der Waals surface area contributed by atoms with Crippen molar-refractivity contribution >= 4 is 54.0 Å². The predicted molar refractivity (Wildman–Crippen MR) is 134 cm³/mol. The second-order valence-corrected chi connectivity index (χ2v) is 10.7. The fraction of sp³-hybridized carbons (Fsp3) is 0.0870. The second kappa shape index (κ2) is 9.75. The number of aromatic nitrogens is 2. The van der Waals surface area contributed by atoms with Crippen molar-refractivity contribution in [3.8, 4) is 10.7 Å². The van der Waals surface area contributed by atoms with Gasteiger partial charge in [0.15, 0.2) is 5.13 Å². The first kappa shape index (κ1) is 23.0. The molecule has 0 unspecified atom stereocenters. The van der Waals surface area contributed by atoms with E-state index in [1.54, 1.807) is 0 Å². The Bertz CT molecular complexity index is 1380. The fourth-order valence-electron chi connectivity index (χ4n) is 3.07. The second-order valence-electron chi connectivity index (χ2n) is 6.90. The number of rotatable bonds is 9. The highest BCUT2D eigenvalue weighted by Gasteiger charge is 2.23. The Morgan fingerprint density at radius 3 is 2.39 bits per heavy atom. The van der Waals surface area contributed by atoms with Crippen molar-refractivity contribution in [2.75, 3.05) is 18.4 Å². The minimum atomic E-state index is -3.72. The number of nitrogens with zero attached hydrogens (tertiary/aromatic N) is 3. The third-order valence-electron chi connectivity index (χ3n) is 4.66. The Kier molecular flexibility index (Phi) is 6.80. The largest absolute Gasteiger partial charge is 0.298 e.